The van der Waals surface area contributed by atoms with Crippen LogP contribution >= 0.6 is 0 Å². The van der Waals surface area contributed by atoms with Crippen molar-refractivity contribution >= 4 is 5.97 Å². The number of carboxylic acid groups (broad SMARTS) is 1. The van der Waals surface area contributed by atoms with Crippen molar-refractivity contribution < 1.29 is 30.3 Å². The van der Waals surface area contributed by atoms with Crippen LogP contribution in [-0.2, 0) is 11.2 Å². The molecule has 0 saturated heterocycles. The highest BCUT2D eigenvalue weighted by atomic mass is 16.4. The number of dihydropyridines is 1. The van der Waals surface area contributed by atoms with Gasteiger partial charge in [0.1, 0.15) is 5.75 Å². The first-order chi connectivity index (χ1) is 24.1. The van der Waals surface area contributed by atoms with Gasteiger partial charge in [0.25, 0.3) is 0 Å². The lowest BCUT2D eigenvalue weighted by atomic mass is 9.81. The van der Waals surface area contributed by atoms with E-state index in [1.165, 1.54) is 25.7 Å². The number of aromatic hydroxyl groups is 1. The average molecular weight is 694 g/mol. The number of carbonyl (C=O) groups is 1. The Morgan fingerprint density at radius 2 is 1.68 bits per heavy atom. The molecule has 2 aromatic rings. The summed E-state index contributed by atoms with van der Waals surface area (Å²) in [4.78, 5) is 15.7. The van der Waals surface area contributed by atoms with Gasteiger partial charge in [0.2, 0.25) is 0 Å². The Morgan fingerprint density at radius 1 is 0.960 bits per heavy atom. The lowest BCUT2D eigenvalue weighted by Crippen LogP contribution is -2.37. The summed E-state index contributed by atoms with van der Waals surface area (Å²) in [6, 6.07) is 11.1. The second kappa shape index (κ2) is 19.9. The number of aliphatic hydroxyl groups is 3. The number of H-pyrrole nitrogens is 1. The lowest BCUT2D eigenvalue weighted by Gasteiger charge is -2.32. The largest absolute Gasteiger partial charge is 0.508 e. The molecule has 1 saturated carbocycles. The van der Waals surface area contributed by atoms with E-state index in [4.69, 9.17) is 5.73 Å². The molecule has 9 heteroatoms. The van der Waals surface area contributed by atoms with Crippen molar-refractivity contribution in [1.82, 2.24) is 10.3 Å². The highest BCUT2D eigenvalue weighted by molar-refractivity contribution is 5.70. The molecule has 2 heterocycles. The summed E-state index contributed by atoms with van der Waals surface area (Å²) in [6.45, 7) is 2.88. The van der Waals surface area contributed by atoms with E-state index in [1.807, 2.05) is 24.3 Å². The van der Waals surface area contributed by atoms with Crippen molar-refractivity contribution in [1.29, 1.82) is 0 Å². The van der Waals surface area contributed by atoms with Gasteiger partial charge in [0, 0.05) is 23.5 Å². The van der Waals surface area contributed by atoms with Crippen molar-refractivity contribution in [3.63, 3.8) is 0 Å². The number of rotatable bonds is 23. The number of aromatic amines is 1. The van der Waals surface area contributed by atoms with Crippen molar-refractivity contribution in [3.05, 3.63) is 65.6 Å². The Kier molecular flexibility index (Phi) is 15.8. The van der Waals surface area contributed by atoms with Gasteiger partial charge < -0.3 is 41.6 Å². The molecule has 4 rings (SSSR count). The van der Waals surface area contributed by atoms with E-state index in [1.54, 1.807) is 18.2 Å². The second-order valence-electron chi connectivity index (χ2n) is 15.1. The summed E-state index contributed by atoms with van der Waals surface area (Å²) < 4.78 is 0. The molecule has 1 fully saturated rings. The van der Waals surface area contributed by atoms with Crippen LogP contribution in [0.1, 0.15) is 122 Å². The molecule has 0 bridgehead atoms. The quantitative estimate of drug-likeness (QED) is 0.0560. The van der Waals surface area contributed by atoms with Crippen LogP contribution < -0.4 is 11.1 Å². The number of hydrogen-bond acceptors (Lipinski definition) is 7. The Balaban J connectivity index is 1.30. The topological polar surface area (TPSA) is 172 Å². The number of carboxylic acids is 1. The van der Waals surface area contributed by atoms with Crippen LogP contribution in [0.4, 0.5) is 0 Å². The van der Waals surface area contributed by atoms with Crippen LogP contribution in [0.2, 0.25) is 0 Å². The van der Waals surface area contributed by atoms with E-state index in [0.29, 0.717) is 44.5 Å². The van der Waals surface area contributed by atoms with E-state index in [2.05, 4.69) is 23.3 Å². The zero-order valence-electron chi connectivity index (χ0n) is 30.2. The normalized spacial score (nSPS) is 22.4. The fourth-order valence-corrected chi connectivity index (χ4v) is 8.16. The van der Waals surface area contributed by atoms with E-state index < -0.39 is 23.6 Å². The number of benzene rings is 1. The minimum absolute atomic E-state index is 0.0750. The Morgan fingerprint density at radius 3 is 2.36 bits per heavy atom. The van der Waals surface area contributed by atoms with Crippen LogP contribution in [-0.4, -0.2) is 60.8 Å². The third-order valence-corrected chi connectivity index (χ3v) is 11.0. The molecule has 1 aliphatic heterocycles. The minimum Gasteiger partial charge on any atom is -0.508 e. The van der Waals surface area contributed by atoms with E-state index in [9.17, 15) is 30.3 Å². The highest BCUT2D eigenvalue weighted by Crippen LogP contribution is 2.47. The zero-order chi connectivity index (χ0) is 35.9. The second-order valence-corrected chi connectivity index (χ2v) is 15.1. The molecule has 2 aliphatic rings. The number of allylic oxidation sites excluding steroid dienone is 2. The van der Waals surface area contributed by atoms with E-state index in [0.717, 1.165) is 73.9 Å². The smallest absolute Gasteiger partial charge is 0.309 e. The maximum atomic E-state index is 12.2. The Labute approximate surface area is 299 Å². The predicted octanol–water partition coefficient (Wildman–Crippen LogP) is 7.31. The van der Waals surface area contributed by atoms with Crippen LogP contribution in [0, 0.1) is 17.8 Å². The van der Waals surface area contributed by atoms with Crippen molar-refractivity contribution in [2.45, 2.75) is 140 Å². The van der Waals surface area contributed by atoms with Crippen molar-refractivity contribution in [2.75, 3.05) is 6.54 Å². The molecular weight excluding hydrogens is 630 g/mol. The minimum atomic E-state index is -1.05. The molecular formula is C41H63N3O6. The molecule has 1 aromatic carbocycles. The molecule has 0 spiro atoms. The number of phenolic OH excluding ortho intramolecular Hbond substituents is 1. The number of aliphatic hydroxyl groups excluding tert-OH is 2. The van der Waals surface area contributed by atoms with Crippen molar-refractivity contribution in [2.24, 2.45) is 23.5 Å². The monoisotopic (exact) mass is 693 g/mol. The van der Waals surface area contributed by atoms with Gasteiger partial charge in [-0.3, -0.25) is 4.79 Å². The summed E-state index contributed by atoms with van der Waals surface area (Å²) in [5, 5.41) is 56.7. The lowest BCUT2D eigenvalue weighted by molar-refractivity contribution is -0.146. The third kappa shape index (κ3) is 12.5. The average Bonchev–Trinajstić information content (AvgIpc) is 3.67. The van der Waals surface area contributed by atoms with E-state index >= 15 is 0 Å². The molecule has 6 atom stereocenters. The van der Waals surface area contributed by atoms with Gasteiger partial charge in [-0.05, 0) is 106 Å². The first-order valence-corrected chi connectivity index (χ1v) is 19.2. The van der Waals surface area contributed by atoms with E-state index in [-0.39, 0.29) is 30.1 Å². The Hall–Kier alpha value is -3.27. The first kappa shape index (κ1) is 39.5. The summed E-state index contributed by atoms with van der Waals surface area (Å²) in [7, 11) is 0. The fourth-order valence-electron chi connectivity index (χ4n) is 8.16. The number of aliphatic carboxylic acids is 1. The van der Waals surface area contributed by atoms with Crippen LogP contribution in [0.3, 0.4) is 0 Å². The van der Waals surface area contributed by atoms with Gasteiger partial charge in [-0.25, -0.2) is 0 Å². The predicted molar refractivity (Wildman–Crippen MR) is 199 cm³/mol. The van der Waals surface area contributed by atoms with Gasteiger partial charge in [-0.2, -0.15) is 0 Å². The number of aromatic nitrogens is 1. The summed E-state index contributed by atoms with van der Waals surface area (Å²) in [6.07, 6.45) is 17.6. The first-order valence-electron chi connectivity index (χ1n) is 19.2. The van der Waals surface area contributed by atoms with Gasteiger partial charge in [-0.1, -0.05) is 82.9 Å². The van der Waals surface area contributed by atoms with Gasteiger partial charge in [0.05, 0.1) is 29.5 Å². The zero-order valence-corrected chi connectivity index (χ0v) is 30.2. The summed E-state index contributed by atoms with van der Waals surface area (Å²) >= 11 is 0. The van der Waals surface area contributed by atoms with Crippen molar-refractivity contribution in [3.8, 4) is 17.0 Å². The number of hydrogen-bond donors (Lipinski definition) is 8. The van der Waals surface area contributed by atoms with Crippen LogP contribution in [0.5, 0.6) is 5.75 Å². The van der Waals surface area contributed by atoms with Gasteiger partial charge in [0.15, 0.2) is 0 Å². The standard InChI is InChI=1S/C41H63N3O6/c1-2-3-4-5-8-13-34(45)14-9-6-7-10-16-36(40(48)49)38(47)19-21-41(50)28-30(23-29-20-22-43-39(42)25-29)24-32(41)27-33-17-18-37(44-33)31-12-11-15-35(46)26-31/h11-12,15,17-18,20,25-26,30,32,34,36,38,43-47,50H,2-10,13-14,16,19,21-24,27-28,42H2,1H3,(H,48,49)/t30-,32-,34-,36-,38+,41+/m0/s1. The maximum absolute atomic E-state index is 12.2. The maximum Gasteiger partial charge on any atom is 0.309 e. The molecule has 9 nitrogen and oxygen atoms in total. The molecule has 0 amide bonds. The fraction of sp³-hybridized carbons (Fsp3) is 0.634. The highest BCUT2D eigenvalue weighted by Gasteiger charge is 2.46. The van der Waals surface area contributed by atoms with Crippen LogP contribution in [0.25, 0.3) is 11.3 Å². The van der Waals surface area contributed by atoms with Gasteiger partial charge >= 0.3 is 5.97 Å². The molecule has 278 valence electrons. The Bertz CT molecular complexity index is 1390. The molecule has 0 unspecified atom stereocenters. The summed E-state index contributed by atoms with van der Waals surface area (Å²) in [5.41, 5.74) is 8.89. The number of unbranched alkanes of at least 4 members (excludes halogenated alkanes) is 7. The third-order valence-electron chi connectivity index (χ3n) is 11.0. The van der Waals surface area contributed by atoms with Crippen LogP contribution in [0.15, 0.2) is 59.9 Å². The SMILES string of the molecule is CCCCCCC[C@H](O)CCCCCC[C@H](C(=O)O)[C@H](O)CC[C@@]1(O)C[C@@H](CC2=CCNC(N)=C2)C[C@H]1Cc1ccc(-c2cccc(O)c2)[nH]1. The number of phenols is 1. The number of nitrogens with two attached hydrogens (primary N) is 1. The molecule has 1 aromatic heterocycles. The number of nitrogens with one attached hydrogen (secondary N) is 2. The summed E-state index contributed by atoms with van der Waals surface area (Å²) in [5.74, 6) is -0.863. The van der Waals surface area contributed by atoms with Gasteiger partial charge in [-0.15, -0.1) is 0 Å². The molecule has 9 N–H and O–H groups in total. The molecule has 50 heavy (non-hydrogen) atoms. The molecule has 0 radical (unpaired) electrons. The molecule has 1 aliphatic carbocycles.